The molecule has 230 valence electrons. The number of aliphatic carboxylic acids is 1. The highest BCUT2D eigenvalue weighted by atomic mass is 16.6. The number of amides is 2. The number of alkyl carbamates (subject to hydrolysis) is 2. The van der Waals surface area contributed by atoms with Crippen molar-refractivity contribution in [2.45, 2.75) is 89.2 Å². The first kappa shape index (κ1) is 29.5. The number of carbonyl (C=O) groups excluding carboxylic acids is 2. The van der Waals surface area contributed by atoms with E-state index in [4.69, 9.17) is 9.47 Å². The van der Waals surface area contributed by atoms with Crippen LogP contribution in [-0.4, -0.2) is 48.1 Å². The molecule has 2 aromatic carbocycles. The van der Waals surface area contributed by atoms with E-state index in [9.17, 15) is 19.5 Å². The van der Waals surface area contributed by atoms with Crippen LogP contribution < -0.4 is 10.6 Å². The molecule has 43 heavy (non-hydrogen) atoms. The molecule has 0 heterocycles. The summed E-state index contributed by atoms with van der Waals surface area (Å²) in [6.45, 7) is 4.66. The van der Waals surface area contributed by atoms with Crippen molar-refractivity contribution in [3.05, 3.63) is 59.7 Å². The van der Waals surface area contributed by atoms with Crippen LogP contribution in [0.1, 0.15) is 88.7 Å². The van der Waals surface area contributed by atoms with Crippen LogP contribution in [-0.2, 0) is 14.3 Å². The molecule has 4 fully saturated rings. The predicted molar refractivity (Wildman–Crippen MR) is 163 cm³/mol. The van der Waals surface area contributed by atoms with Crippen LogP contribution in [0.5, 0.6) is 0 Å². The standard InChI is InChI=1S/C35H44N2O6/c1-34(2,35-18-22-15-23(19-35)17-24(16-22)20-35)43-32(40)36-14-8-7-13-30(31(38)39)37-33(41)42-21-29-27-11-5-3-9-25(27)26-10-4-6-12-28(26)29/h3-6,9-12,22-24,29-30H,7-8,13-21H2,1-2H3,(H,36,40)(H,37,41)(H,38,39). The van der Waals surface area contributed by atoms with Gasteiger partial charge in [0.05, 0.1) is 0 Å². The molecule has 7 rings (SSSR count). The highest BCUT2D eigenvalue weighted by Crippen LogP contribution is 2.64. The van der Waals surface area contributed by atoms with Crippen molar-refractivity contribution < 1.29 is 29.0 Å². The fourth-order valence-corrected chi connectivity index (χ4v) is 8.93. The van der Waals surface area contributed by atoms with Gasteiger partial charge in [-0.25, -0.2) is 14.4 Å². The van der Waals surface area contributed by atoms with Gasteiger partial charge in [0.25, 0.3) is 0 Å². The minimum absolute atomic E-state index is 0.0820. The Morgan fingerprint density at radius 3 is 2.00 bits per heavy atom. The number of rotatable bonds is 11. The second kappa shape index (κ2) is 11.9. The van der Waals surface area contributed by atoms with Gasteiger partial charge in [-0.05, 0) is 112 Å². The third kappa shape index (κ3) is 5.98. The lowest BCUT2D eigenvalue weighted by Gasteiger charge is -2.61. The summed E-state index contributed by atoms with van der Waals surface area (Å²) in [7, 11) is 0. The highest BCUT2D eigenvalue weighted by Gasteiger charge is 2.58. The Morgan fingerprint density at radius 1 is 0.884 bits per heavy atom. The van der Waals surface area contributed by atoms with Gasteiger partial charge in [0.1, 0.15) is 18.2 Å². The molecule has 4 saturated carbocycles. The normalized spacial score (nSPS) is 25.9. The van der Waals surface area contributed by atoms with Gasteiger partial charge < -0.3 is 25.2 Å². The van der Waals surface area contributed by atoms with E-state index in [0.717, 1.165) is 59.3 Å². The zero-order valence-corrected chi connectivity index (χ0v) is 25.3. The molecule has 1 unspecified atom stereocenters. The molecule has 1 atom stereocenters. The van der Waals surface area contributed by atoms with E-state index in [-0.39, 0.29) is 24.4 Å². The minimum Gasteiger partial charge on any atom is -0.480 e. The summed E-state index contributed by atoms with van der Waals surface area (Å²) in [4.78, 5) is 37.2. The number of fused-ring (bicyclic) bond motifs is 3. The Kier molecular flexibility index (Phi) is 8.14. The summed E-state index contributed by atoms with van der Waals surface area (Å²) in [5.41, 5.74) is 4.01. The smallest absolute Gasteiger partial charge is 0.407 e. The Balaban J connectivity index is 0.928. The lowest BCUT2D eigenvalue weighted by atomic mass is 9.46. The predicted octanol–water partition coefficient (Wildman–Crippen LogP) is 6.87. The molecule has 2 aromatic rings. The monoisotopic (exact) mass is 588 g/mol. The van der Waals surface area contributed by atoms with E-state index in [0.29, 0.717) is 19.4 Å². The number of unbranched alkanes of at least 4 members (excludes halogenated alkanes) is 1. The molecule has 0 radical (unpaired) electrons. The van der Waals surface area contributed by atoms with Crippen molar-refractivity contribution in [1.29, 1.82) is 0 Å². The summed E-state index contributed by atoms with van der Waals surface area (Å²) in [6.07, 6.45) is 7.66. The first-order valence-electron chi connectivity index (χ1n) is 16.0. The van der Waals surface area contributed by atoms with Gasteiger partial charge >= 0.3 is 18.2 Å². The molecule has 4 bridgehead atoms. The molecule has 0 aromatic heterocycles. The Hall–Kier alpha value is -3.55. The van der Waals surface area contributed by atoms with E-state index in [1.54, 1.807) is 0 Å². The fourth-order valence-electron chi connectivity index (χ4n) is 8.93. The van der Waals surface area contributed by atoms with Crippen LogP contribution in [0.2, 0.25) is 0 Å². The number of benzene rings is 2. The second-order valence-electron chi connectivity index (χ2n) is 13.9. The largest absolute Gasteiger partial charge is 0.480 e. The Labute approximate surface area is 253 Å². The maximum absolute atomic E-state index is 12.7. The van der Waals surface area contributed by atoms with Gasteiger partial charge in [-0.3, -0.25) is 0 Å². The van der Waals surface area contributed by atoms with Crippen LogP contribution in [0.15, 0.2) is 48.5 Å². The molecule has 0 saturated heterocycles. The molecule has 0 spiro atoms. The third-order valence-electron chi connectivity index (χ3n) is 10.8. The van der Waals surface area contributed by atoms with Crippen molar-refractivity contribution in [1.82, 2.24) is 10.6 Å². The Morgan fingerprint density at radius 2 is 1.44 bits per heavy atom. The topological polar surface area (TPSA) is 114 Å². The van der Waals surface area contributed by atoms with Crippen LogP contribution in [0.25, 0.3) is 11.1 Å². The quantitative estimate of drug-likeness (QED) is 0.247. The molecule has 2 amide bonds. The SMILES string of the molecule is CC(C)(OC(=O)NCCCCC(NC(=O)OCC1c2ccccc2-c2ccccc21)C(=O)O)C12CC3CC(CC(C3)C1)C2. The maximum atomic E-state index is 12.7. The fraction of sp³-hybridized carbons (Fsp3) is 0.571. The molecule has 0 aliphatic heterocycles. The van der Waals surface area contributed by atoms with Gasteiger partial charge in [-0.15, -0.1) is 0 Å². The van der Waals surface area contributed by atoms with E-state index < -0.39 is 29.8 Å². The number of ether oxygens (including phenoxy) is 2. The molecular weight excluding hydrogens is 544 g/mol. The summed E-state index contributed by atoms with van der Waals surface area (Å²) >= 11 is 0. The lowest BCUT2D eigenvalue weighted by molar-refractivity contribution is -0.162. The van der Waals surface area contributed by atoms with Gasteiger partial charge in [0, 0.05) is 17.9 Å². The molecule has 8 nitrogen and oxygen atoms in total. The maximum Gasteiger partial charge on any atom is 0.407 e. The molecule has 3 N–H and O–H groups in total. The van der Waals surface area contributed by atoms with Crippen LogP contribution in [0.4, 0.5) is 9.59 Å². The number of carbonyl (C=O) groups is 3. The first-order valence-corrected chi connectivity index (χ1v) is 16.0. The average Bonchev–Trinajstić information content (AvgIpc) is 3.28. The summed E-state index contributed by atoms with van der Waals surface area (Å²) in [6, 6.07) is 15.0. The second-order valence-corrected chi connectivity index (χ2v) is 13.9. The number of carboxylic acids is 1. The van der Waals surface area contributed by atoms with E-state index in [1.165, 1.54) is 19.3 Å². The van der Waals surface area contributed by atoms with Crippen molar-refractivity contribution in [2.24, 2.45) is 23.2 Å². The van der Waals surface area contributed by atoms with E-state index in [1.807, 2.05) is 36.4 Å². The number of hydrogen-bond donors (Lipinski definition) is 3. The van der Waals surface area contributed by atoms with Gasteiger partial charge in [-0.1, -0.05) is 48.5 Å². The van der Waals surface area contributed by atoms with Gasteiger partial charge in [0.15, 0.2) is 0 Å². The van der Waals surface area contributed by atoms with Crippen LogP contribution in [0, 0.1) is 23.2 Å². The first-order chi connectivity index (χ1) is 20.6. The average molecular weight is 589 g/mol. The van der Waals surface area contributed by atoms with Gasteiger partial charge in [-0.2, -0.15) is 0 Å². The minimum atomic E-state index is -1.11. The molecule has 5 aliphatic rings. The lowest BCUT2D eigenvalue weighted by Crippen LogP contribution is -2.58. The summed E-state index contributed by atoms with van der Waals surface area (Å²) in [5, 5.41) is 15.1. The van der Waals surface area contributed by atoms with Crippen molar-refractivity contribution >= 4 is 18.2 Å². The van der Waals surface area contributed by atoms with Crippen molar-refractivity contribution in [3.63, 3.8) is 0 Å². The van der Waals surface area contributed by atoms with Crippen molar-refractivity contribution in [2.75, 3.05) is 13.2 Å². The van der Waals surface area contributed by atoms with E-state index in [2.05, 4.69) is 36.6 Å². The molecule has 5 aliphatic carbocycles. The molecular formula is C35H44N2O6. The number of nitrogens with one attached hydrogen (secondary N) is 2. The summed E-state index contributed by atoms with van der Waals surface area (Å²) < 4.78 is 11.6. The highest BCUT2D eigenvalue weighted by molar-refractivity contribution is 5.81. The van der Waals surface area contributed by atoms with Crippen molar-refractivity contribution in [3.8, 4) is 11.1 Å². The number of hydrogen-bond acceptors (Lipinski definition) is 5. The Bertz CT molecular complexity index is 1290. The number of carboxylic acid groups (broad SMARTS) is 1. The van der Waals surface area contributed by atoms with Crippen LogP contribution in [0.3, 0.4) is 0 Å². The summed E-state index contributed by atoms with van der Waals surface area (Å²) in [5.74, 6) is 1.13. The zero-order chi connectivity index (χ0) is 30.2. The van der Waals surface area contributed by atoms with Crippen LogP contribution >= 0.6 is 0 Å². The zero-order valence-electron chi connectivity index (χ0n) is 25.3. The van der Waals surface area contributed by atoms with E-state index >= 15 is 0 Å². The third-order valence-corrected chi connectivity index (χ3v) is 10.8. The molecule has 8 heteroatoms. The van der Waals surface area contributed by atoms with Gasteiger partial charge in [0.2, 0.25) is 0 Å².